The molecule has 1 aromatic carbocycles. The molecule has 6 nitrogen and oxygen atoms in total. The standard InChI is InChI=1S/C23H27N3O3S/c1-2-29-23(28)20-19(15-9-5-3-6-10-15)17(13-24)22(30-14-18(25)27)26-21(20)16-11-7-4-8-12-16/h4,7-8,11-12,15,19,26H,2-3,5-6,9-10,14H2,1H3,(H2,25,27)/t19-/m1/s1. The molecular formula is C23H27N3O3S. The number of hydrogen-bond acceptors (Lipinski definition) is 6. The van der Waals surface area contributed by atoms with E-state index in [2.05, 4.69) is 11.4 Å². The summed E-state index contributed by atoms with van der Waals surface area (Å²) in [6.45, 7) is 2.04. The zero-order chi connectivity index (χ0) is 21.5. The van der Waals surface area contributed by atoms with Gasteiger partial charge in [-0.05, 0) is 31.2 Å². The quantitative estimate of drug-likeness (QED) is 0.645. The zero-order valence-corrected chi connectivity index (χ0v) is 18.0. The van der Waals surface area contributed by atoms with E-state index in [0.29, 0.717) is 21.9 Å². The van der Waals surface area contributed by atoms with Crippen LogP contribution in [-0.2, 0) is 14.3 Å². The second kappa shape index (κ2) is 10.4. The van der Waals surface area contributed by atoms with E-state index in [-0.39, 0.29) is 24.2 Å². The smallest absolute Gasteiger partial charge is 0.336 e. The first-order valence-corrected chi connectivity index (χ1v) is 11.3. The lowest BCUT2D eigenvalue weighted by Crippen LogP contribution is -2.35. The normalized spacial score (nSPS) is 19.8. The number of nitrogens with two attached hydrogens (primary N) is 1. The van der Waals surface area contributed by atoms with Gasteiger partial charge < -0.3 is 15.8 Å². The minimum Gasteiger partial charge on any atom is -0.463 e. The van der Waals surface area contributed by atoms with Crippen molar-refractivity contribution in [1.29, 1.82) is 5.26 Å². The number of nitrogens with zero attached hydrogens (tertiary/aromatic N) is 1. The minimum atomic E-state index is -0.456. The highest BCUT2D eigenvalue weighted by atomic mass is 32.2. The third kappa shape index (κ3) is 4.88. The number of carbonyl (C=O) groups excluding carboxylic acids is 2. The Morgan fingerprint density at radius 3 is 2.53 bits per heavy atom. The Kier molecular flexibility index (Phi) is 7.58. The maximum Gasteiger partial charge on any atom is 0.336 e. The van der Waals surface area contributed by atoms with Crippen molar-refractivity contribution < 1.29 is 14.3 Å². The summed E-state index contributed by atoms with van der Waals surface area (Å²) in [5, 5.41) is 13.9. The number of allylic oxidation sites excluding steroid dienone is 1. The van der Waals surface area contributed by atoms with Gasteiger partial charge in [0.1, 0.15) is 0 Å². The largest absolute Gasteiger partial charge is 0.463 e. The lowest BCUT2D eigenvalue weighted by Gasteiger charge is -2.36. The molecule has 1 aliphatic heterocycles. The molecule has 0 unspecified atom stereocenters. The summed E-state index contributed by atoms with van der Waals surface area (Å²) < 4.78 is 5.43. The van der Waals surface area contributed by atoms with Crippen molar-refractivity contribution in [3.63, 3.8) is 0 Å². The molecular weight excluding hydrogens is 398 g/mol. The average molecular weight is 426 g/mol. The number of carbonyl (C=O) groups is 2. The summed E-state index contributed by atoms with van der Waals surface area (Å²) >= 11 is 1.22. The number of dihydropyridines is 1. The Bertz CT molecular complexity index is 896. The van der Waals surface area contributed by atoms with E-state index in [1.807, 2.05) is 30.3 Å². The second-order valence-electron chi connectivity index (χ2n) is 7.49. The van der Waals surface area contributed by atoms with Crippen molar-refractivity contribution >= 4 is 29.3 Å². The van der Waals surface area contributed by atoms with Gasteiger partial charge >= 0.3 is 5.97 Å². The van der Waals surface area contributed by atoms with Crippen LogP contribution in [0.3, 0.4) is 0 Å². The fraction of sp³-hybridized carbons (Fsp3) is 0.435. The fourth-order valence-corrected chi connectivity index (χ4v) is 5.06. The first-order chi connectivity index (χ1) is 14.6. The summed E-state index contributed by atoms with van der Waals surface area (Å²) in [5.74, 6) is -0.978. The van der Waals surface area contributed by atoms with E-state index in [9.17, 15) is 14.9 Å². The molecule has 1 amide bonds. The topological polar surface area (TPSA) is 105 Å². The van der Waals surface area contributed by atoms with Gasteiger partial charge in [0.05, 0.1) is 40.3 Å². The summed E-state index contributed by atoms with van der Waals surface area (Å²) in [6.07, 6.45) is 5.23. The number of nitrogens with one attached hydrogen (secondary N) is 1. The van der Waals surface area contributed by atoms with Crippen LogP contribution in [0.1, 0.15) is 44.6 Å². The van der Waals surface area contributed by atoms with Crippen LogP contribution >= 0.6 is 11.8 Å². The summed E-state index contributed by atoms with van der Waals surface area (Å²) in [4.78, 5) is 24.5. The molecule has 30 heavy (non-hydrogen) atoms. The van der Waals surface area contributed by atoms with E-state index in [1.165, 1.54) is 18.2 Å². The Labute approximate surface area is 181 Å². The highest BCUT2D eigenvalue weighted by Crippen LogP contribution is 2.45. The van der Waals surface area contributed by atoms with E-state index in [1.54, 1.807) is 6.92 Å². The number of thioether (sulfide) groups is 1. The molecule has 1 saturated carbocycles. The third-order valence-electron chi connectivity index (χ3n) is 5.53. The molecule has 1 aliphatic carbocycles. The number of hydrogen-bond donors (Lipinski definition) is 2. The van der Waals surface area contributed by atoms with Gasteiger partial charge in [0.25, 0.3) is 0 Å². The molecule has 2 aliphatic rings. The zero-order valence-electron chi connectivity index (χ0n) is 17.1. The molecule has 1 fully saturated rings. The molecule has 0 aromatic heterocycles. The maximum absolute atomic E-state index is 13.1. The number of nitriles is 1. The van der Waals surface area contributed by atoms with Crippen molar-refractivity contribution in [2.45, 2.75) is 39.0 Å². The molecule has 0 bridgehead atoms. The van der Waals surface area contributed by atoms with Crippen LogP contribution in [0.15, 0.2) is 46.5 Å². The number of amides is 1. The number of benzene rings is 1. The lowest BCUT2D eigenvalue weighted by molar-refractivity contribution is -0.139. The van der Waals surface area contributed by atoms with E-state index in [4.69, 9.17) is 10.5 Å². The van der Waals surface area contributed by atoms with Gasteiger partial charge in [0.2, 0.25) is 5.91 Å². The molecule has 3 N–H and O–H groups in total. The van der Waals surface area contributed by atoms with Crippen LogP contribution in [0, 0.1) is 23.2 Å². The Morgan fingerprint density at radius 2 is 1.93 bits per heavy atom. The van der Waals surface area contributed by atoms with E-state index < -0.39 is 11.9 Å². The summed E-state index contributed by atoms with van der Waals surface area (Å²) in [6, 6.07) is 11.9. The molecule has 7 heteroatoms. The highest BCUT2D eigenvalue weighted by molar-refractivity contribution is 8.03. The van der Waals surface area contributed by atoms with Crippen molar-refractivity contribution in [2.75, 3.05) is 12.4 Å². The monoisotopic (exact) mass is 425 g/mol. The maximum atomic E-state index is 13.1. The molecule has 1 aromatic rings. The van der Waals surface area contributed by atoms with Crippen molar-refractivity contribution in [3.8, 4) is 6.07 Å². The van der Waals surface area contributed by atoms with Gasteiger partial charge in [-0.1, -0.05) is 61.4 Å². The van der Waals surface area contributed by atoms with Crippen LogP contribution in [0.4, 0.5) is 0 Å². The van der Waals surface area contributed by atoms with Crippen molar-refractivity contribution in [1.82, 2.24) is 5.32 Å². The van der Waals surface area contributed by atoms with Gasteiger partial charge in [0, 0.05) is 5.92 Å². The predicted molar refractivity (Wildman–Crippen MR) is 117 cm³/mol. The number of rotatable bonds is 7. The van der Waals surface area contributed by atoms with Gasteiger partial charge in [-0.25, -0.2) is 4.79 Å². The fourth-order valence-electron chi connectivity index (χ4n) is 4.28. The third-order valence-corrected chi connectivity index (χ3v) is 6.57. The molecule has 3 rings (SSSR count). The molecule has 0 saturated heterocycles. The van der Waals surface area contributed by atoms with E-state index >= 15 is 0 Å². The molecule has 0 spiro atoms. The lowest BCUT2D eigenvalue weighted by atomic mass is 9.71. The van der Waals surface area contributed by atoms with Gasteiger partial charge in [-0.2, -0.15) is 5.26 Å². The summed E-state index contributed by atoms with van der Waals surface area (Å²) in [5.41, 5.74) is 7.85. The Balaban J connectivity index is 2.16. The Hall–Kier alpha value is -2.72. The predicted octanol–water partition coefficient (Wildman–Crippen LogP) is 3.71. The van der Waals surface area contributed by atoms with Crippen LogP contribution in [0.5, 0.6) is 0 Å². The minimum absolute atomic E-state index is 0.0573. The first-order valence-electron chi connectivity index (χ1n) is 10.4. The summed E-state index contributed by atoms with van der Waals surface area (Å²) in [7, 11) is 0. The number of ether oxygens (including phenoxy) is 1. The van der Waals surface area contributed by atoms with E-state index in [0.717, 1.165) is 31.2 Å². The SMILES string of the molecule is CCOC(=O)C1=C(c2ccccc2)NC(SCC(N)=O)=C(C#N)[C@H]1C1CCCCC1. The van der Waals surface area contributed by atoms with Crippen molar-refractivity contribution in [2.24, 2.45) is 17.6 Å². The van der Waals surface area contributed by atoms with Gasteiger partial charge in [0.15, 0.2) is 0 Å². The van der Waals surface area contributed by atoms with Gasteiger partial charge in [-0.3, -0.25) is 4.79 Å². The number of esters is 1. The average Bonchev–Trinajstić information content (AvgIpc) is 2.77. The molecule has 158 valence electrons. The molecule has 1 atom stereocenters. The first kappa shape index (κ1) is 22.0. The molecule has 1 heterocycles. The van der Waals surface area contributed by atoms with Crippen LogP contribution in [0.25, 0.3) is 5.70 Å². The molecule has 0 radical (unpaired) electrons. The van der Waals surface area contributed by atoms with Crippen LogP contribution < -0.4 is 11.1 Å². The number of primary amides is 1. The van der Waals surface area contributed by atoms with Crippen LogP contribution in [0.2, 0.25) is 0 Å². The van der Waals surface area contributed by atoms with Gasteiger partial charge in [-0.15, -0.1) is 0 Å². The highest BCUT2D eigenvalue weighted by Gasteiger charge is 2.40. The Morgan fingerprint density at radius 1 is 1.23 bits per heavy atom. The van der Waals surface area contributed by atoms with Crippen LogP contribution in [-0.4, -0.2) is 24.2 Å². The second-order valence-corrected chi connectivity index (χ2v) is 8.47. The van der Waals surface area contributed by atoms with Crippen molar-refractivity contribution in [3.05, 3.63) is 52.1 Å².